The molecular weight excluding hydrogens is 417 g/mol. The van der Waals surface area contributed by atoms with Gasteiger partial charge in [-0.15, -0.1) is 0 Å². The zero-order valence-corrected chi connectivity index (χ0v) is 19.4. The van der Waals surface area contributed by atoms with Gasteiger partial charge in [-0.1, -0.05) is 37.3 Å². The highest BCUT2D eigenvalue weighted by molar-refractivity contribution is 5.84. The number of aromatic hydroxyl groups is 1. The van der Waals surface area contributed by atoms with Crippen LogP contribution in [-0.2, 0) is 0 Å². The van der Waals surface area contributed by atoms with E-state index in [2.05, 4.69) is 23.9 Å². The Balaban J connectivity index is 1.72. The third-order valence-electron chi connectivity index (χ3n) is 6.40. The van der Waals surface area contributed by atoms with Gasteiger partial charge in [-0.05, 0) is 56.2 Å². The maximum atomic E-state index is 12.9. The van der Waals surface area contributed by atoms with E-state index in [0.717, 1.165) is 25.7 Å². The Morgan fingerprint density at radius 3 is 2.67 bits per heavy atom. The number of nitrogens with two attached hydrogens (primary N) is 3. The lowest BCUT2D eigenvalue weighted by Crippen LogP contribution is -2.37. The van der Waals surface area contributed by atoms with Crippen LogP contribution in [0.25, 0.3) is 11.3 Å². The molecule has 6 nitrogen and oxygen atoms in total. The number of alkyl halides is 1. The lowest BCUT2D eigenvalue weighted by Gasteiger charge is -2.46. The first-order valence-corrected chi connectivity index (χ1v) is 11.4. The summed E-state index contributed by atoms with van der Waals surface area (Å²) in [6.07, 6.45) is 9.87. The van der Waals surface area contributed by atoms with Gasteiger partial charge >= 0.3 is 0 Å². The molecule has 1 aromatic heterocycles. The second kappa shape index (κ2) is 10.5. The molecule has 176 valence electrons. The number of allylic oxidation sites excluding steroid dienone is 2. The maximum Gasteiger partial charge on any atom is 0.124 e. The number of hydrogen-bond acceptors (Lipinski definition) is 5. The van der Waals surface area contributed by atoms with Gasteiger partial charge in [0.05, 0.1) is 12.9 Å². The van der Waals surface area contributed by atoms with Gasteiger partial charge in [0.1, 0.15) is 17.6 Å². The molecule has 0 amide bonds. The van der Waals surface area contributed by atoms with Gasteiger partial charge in [0.25, 0.3) is 0 Å². The maximum absolute atomic E-state index is 12.9. The number of benzene rings is 1. The minimum absolute atomic E-state index is 0.0752. The van der Waals surface area contributed by atoms with Gasteiger partial charge in [-0.25, -0.2) is 0 Å². The largest absolute Gasteiger partial charge is 0.507 e. The van der Waals surface area contributed by atoms with Crippen molar-refractivity contribution in [2.45, 2.75) is 52.0 Å². The van der Waals surface area contributed by atoms with Crippen molar-refractivity contribution in [3.63, 3.8) is 0 Å². The molecule has 7 heteroatoms. The Bertz CT molecular complexity index is 1070. The number of hydrogen-bond donors (Lipinski definition) is 4. The van der Waals surface area contributed by atoms with Gasteiger partial charge in [0.2, 0.25) is 0 Å². The number of rotatable bonds is 8. The third-order valence-corrected chi connectivity index (χ3v) is 6.40. The molecule has 1 unspecified atom stereocenters. The fourth-order valence-corrected chi connectivity index (χ4v) is 4.63. The molecule has 3 rings (SSSR count). The molecule has 0 aliphatic heterocycles. The summed E-state index contributed by atoms with van der Waals surface area (Å²) in [5, 5.41) is 14.5. The van der Waals surface area contributed by atoms with Crippen molar-refractivity contribution in [1.29, 1.82) is 0 Å². The molecule has 0 saturated heterocycles. The Labute approximate surface area is 195 Å². The Kier molecular flexibility index (Phi) is 7.70. The average Bonchev–Trinajstić information content (AvgIpc) is 3.24. The van der Waals surface area contributed by atoms with E-state index in [1.165, 1.54) is 0 Å². The number of nitrogens with zero attached hydrogens (tertiary/aromatic N) is 2. The van der Waals surface area contributed by atoms with Crippen molar-refractivity contribution in [2.24, 2.45) is 28.5 Å². The molecule has 1 atom stereocenters. The average molecular weight is 452 g/mol. The molecule has 0 bridgehead atoms. The first-order valence-electron chi connectivity index (χ1n) is 11.4. The van der Waals surface area contributed by atoms with Crippen molar-refractivity contribution in [3.8, 4) is 17.6 Å². The van der Waals surface area contributed by atoms with Crippen molar-refractivity contribution in [3.05, 3.63) is 59.7 Å². The minimum atomic E-state index is -0.254. The Hall–Kier alpha value is -3.40. The minimum Gasteiger partial charge on any atom is -0.507 e. The summed E-state index contributed by atoms with van der Waals surface area (Å²) in [6, 6.07) is 6.66. The summed E-state index contributed by atoms with van der Waals surface area (Å²) < 4.78 is 14.7. The predicted octanol–water partition coefficient (Wildman–Crippen LogP) is 4.30. The van der Waals surface area contributed by atoms with Crippen molar-refractivity contribution in [2.75, 3.05) is 6.67 Å². The highest BCUT2D eigenvalue weighted by Crippen LogP contribution is 2.51. The van der Waals surface area contributed by atoms with Crippen LogP contribution in [0.4, 0.5) is 4.39 Å². The van der Waals surface area contributed by atoms with E-state index < -0.39 is 0 Å². The van der Waals surface area contributed by atoms with Gasteiger partial charge in [0.15, 0.2) is 0 Å². The summed E-state index contributed by atoms with van der Waals surface area (Å²) in [5.41, 5.74) is 20.2. The molecular formula is C26H34FN5O. The molecule has 0 spiro atoms. The first-order chi connectivity index (χ1) is 15.8. The number of phenols is 1. The van der Waals surface area contributed by atoms with Crippen molar-refractivity contribution >= 4 is 11.3 Å². The van der Waals surface area contributed by atoms with Crippen LogP contribution in [0.2, 0.25) is 0 Å². The number of phenolic OH excluding ortho intramolecular Hbond substituents is 1. The predicted molar refractivity (Wildman–Crippen MR) is 131 cm³/mol. The fourth-order valence-electron chi connectivity index (χ4n) is 4.63. The van der Waals surface area contributed by atoms with Crippen LogP contribution in [0.3, 0.4) is 0 Å². The Morgan fingerprint density at radius 1 is 1.30 bits per heavy atom. The molecule has 1 aromatic carbocycles. The second-order valence-electron chi connectivity index (χ2n) is 8.95. The monoisotopic (exact) mass is 451 g/mol. The van der Waals surface area contributed by atoms with E-state index in [1.807, 2.05) is 13.1 Å². The molecule has 1 aliphatic carbocycles. The summed E-state index contributed by atoms with van der Waals surface area (Å²) in [5.74, 6) is 7.13. The van der Waals surface area contributed by atoms with E-state index in [1.54, 1.807) is 41.2 Å². The van der Waals surface area contributed by atoms with Gasteiger partial charge in [-0.2, -0.15) is 5.10 Å². The summed E-state index contributed by atoms with van der Waals surface area (Å²) in [4.78, 5) is 0. The smallest absolute Gasteiger partial charge is 0.124 e. The van der Waals surface area contributed by atoms with E-state index in [-0.39, 0.29) is 29.7 Å². The van der Waals surface area contributed by atoms with Crippen LogP contribution in [0.1, 0.15) is 63.1 Å². The normalized spacial score (nSPS) is 20.9. The third kappa shape index (κ3) is 5.70. The highest BCUT2D eigenvalue weighted by atomic mass is 19.1. The molecule has 0 radical (unpaired) electrons. The molecule has 1 fully saturated rings. The topological polar surface area (TPSA) is 116 Å². The zero-order chi connectivity index (χ0) is 24.0. The van der Waals surface area contributed by atoms with Gasteiger partial charge in [-0.3, -0.25) is 9.07 Å². The van der Waals surface area contributed by atoms with Crippen LogP contribution in [0, 0.1) is 23.2 Å². The number of aromatic nitrogens is 2. The number of halogens is 1. The van der Waals surface area contributed by atoms with Crippen LogP contribution >= 0.6 is 0 Å². The van der Waals surface area contributed by atoms with Crippen LogP contribution in [0.5, 0.6) is 5.75 Å². The van der Waals surface area contributed by atoms with Crippen molar-refractivity contribution in [1.82, 2.24) is 9.78 Å². The second-order valence-corrected chi connectivity index (χ2v) is 8.95. The molecule has 1 saturated carbocycles. The lowest BCUT2D eigenvalue weighted by molar-refractivity contribution is 0.0568. The summed E-state index contributed by atoms with van der Waals surface area (Å²) >= 11 is 0. The summed E-state index contributed by atoms with van der Waals surface area (Å²) in [7, 11) is 0. The molecule has 1 heterocycles. The summed E-state index contributed by atoms with van der Waals surface area (Å²) in [6.45, 7) is 3.87. The first kappa shape index (κ1) is 24.2. The quantitative estimate of drug-likeness (QED) is 0.353. The SMILES string of the molecule is CCCC1(CCF)CC(C#CC(C)n2cc(C(/C=C(\N)c3ccccc3O)=C(N)N)cn2)C1. The van der Waals surface area contributed by atoms with E-state index in [4.69, 9.17) is 17.2 Å². The Morgan fingerprint density at radius 2 is 2.03 bits per heavy atom. The standard InChI is InChI=1S/C26H34FN5O/c1-3-10-26(11-12-27)14-19(15-26)9-8-18(2)32-17-20(16-31-32)22(25(29)30)13-23(28)21-6-4-5-7-24(21)33/h4-7,13,16-19,33H,3,10-12,14-15,28-30H2,1-2H3/b23-13-. The molecule has 33 heavy (non-hydrogen) atoms. The number of para-hydroxylation sites is 1. The van der Waals surface area contributed by atoms with E-state index >= 15 is 0 Å². The molecule has 7 N–H and O–H groups in total. The highest BCUT2D eigenvalue weighted by Gasteiger charge is 2.42. The fraction of sp³-hybridized carbons (Fsp3) is 0.423. The van der Waals surface area contributed by atoms with E-state index in [0.29, 0.717) is 34.7 Å². The van der Waals surface area contributed by atoms with Crippen LogP contribution in [-0.4, -0.2) is 21.6 Å². The lowest BCUT2D eigenvalue weighted by atomic mass is 9.58. The van der Waals surface area contributed by atoms with Gasteiger partial charge < -0.3 is 22.3 Å². The molecule has 2 aromatic rings. The zero-order valence-electron chi connectivity index (χ0n) is 19.4. The van der Waals surface area contributed by atoms with Crippen molar-refractivity contribution < 1.29 is 9.50 Å². The van der Waals surface area contributed by atoms with E-state index in [9.17, 15) is 9.50 Å². The molecule has 1 aliphatic rings. The van der Waals surface area contributed by atoms with Crippen LogP contribution in [0.15, 0.2) is 48.6 Å². The van der Waals surface area contributed by atoms with Gasteiger partial charge in [0, 0.05) is 34.5 Å². The van der Waals surface area contributed by atoms with Crippen LogP contribution < -0.4 is 17.2 Å².